The lowest BCUT2D eigenvalue weighted by atomic mass is 9.99. The summed E-state index contributed by atoms with van der Waals surface area (Å²) in [4.78, 5) is 4.39. The van der Waals surface area contributed by atoms with E-state index < -0.39 is 5.60 Å². The van der Waals surface area contributed by atoms with Gasteiger partial charge >= 0.3 is 0 Å². The van der Waals surface area contributed by atoms with E-state index in [1.807, 2.05) is 19.9 Å². The molecule has 0 fully saturated rings. The van der Waals surface area contributed by atoms with Gasteiger partial charge in [0.1, 0.15) is 0 Å². The number of hydrogen-bond acceptors (Lipinski definition) is 2. The van der Waals surface area contributed by atoms with Gasteiger partial charge in [0.25, 0.3) is 0 Å². The highest BCUT2D eigenvalue weighted by Gasteiger charge is 2.17. The summed E-state index contributed by atoms with van der Waals surface area (Å²) in [5.74, 6) is 0. The van der Waals surface area contributed by atoms with Crippen LogP contribution in [0.3, 0.4) is 0 Å². The average molecular weight is 208 g/mol. The van der Waals surface area contributed by atoms with Crippen LogP contribution in [-0.2, 0) is 11.3 Å². The number of unbranched alkanes of at least 4 members (excludes halogenated alkanes) is 1. The maximum absolute atomic E-state index is 8.61. The lowest BCUT2D eigenvalue weighted by Crippen LogP contribution is -2.22. The molecule has 1 aromatic carbocycles. The second-order valence-corrected chi connectivity index (χ2v) is 4.54. The van der Waals surface area contributed by atoms with E-state index in [0.29, 0.717) is 0 Å². The van der Waals surface area contributed by atoms with Crippen LogP contribution >= 0.6 is 0 Å². The number of aryl methyl sites for hydroxylation is 1. The summed E-state index contributed by atoms with van der Waals surface area (Å²) < 4.78 is 0. The smallest absolute Gasteiger partial charge is 0.0977 e. The lowest BCUT2D eigenvalue weighted by Gasteiger charge is -2.19. The van der Waals surface area contributed by atoms with Crippen molar-refractivity contribution in [2.24, 2.45) is 0 Å². The molecule has 0 aliphatic carbocycles. The molecule has 0 atom stereocenters. The number of benzene rings is 1. The molecule has 0 spiro atoms. The Morgan fingerprint density at radius 1 is 1.13 bits per heavy atom. The first-order valence-electron chi connectivity index (χ1n) is 5.50. The molecule has 0 radical (unpaired) electrons. The molecule has 1 N–H and O–H groups in total. The molecular formula is C13H20O2. The Hall–Kier alpha value is -0.860. The fourth-order valence-corrected chi connectivity index (χ4v) is 1.57. The molecule has 0 bridgehead atoms. The fraction of sp³-hybridized carbons (Fsp3) is 0.538. The molecule has 84 valence electrons. The van der Waals surface area contributed by atoms with Crippen molar-refractivity contribution in [1.82, 2.24) is 0 Å². The van der Waals surface area contributed by atoms with Crippen molar-refractivity contribution in [2.75, 3.05) is 0 Å². The molecule has 0 aliphatic rings. The van der Waals surface area contributed by atoms with Crippen molar-refractivity contribution in [3.8, 4) is 0 Å². The topological polar surface area (TPSA) is 29.5 Å². The van der Waals surface area contributed by atoms with Crippen LogP contribution in [0.4, 0.5) is 0 Å². The van der Waals surface area contributed by atoms with Crippen molar-refractivity contribution in [1.29, 1.82) is 0 Å². The molecule has 0 saturated heterocycles. The first kappa shape index (κ1) is 12.2. The van der Waals surface area contributed by atoms with Crippen molar-refractivity contribution < 1.29 is 10.1 Å². The highest BCUT2D eigenvalue weighted by molar-refractivity contribution is 5.14. The molecule has 1 aromatic rings. The van der Waals surface area contributed by atoms with Gasteiger partial charge in [-0.15, -0.1) is 0 Å². The molecule has 0 aromatic heterocycles. The van der Waals surface area contributed by atoms with Crippen LogP contribution in [0.2, 0.25) is 0 Å². The molecule has 0 amide bonds. The third-order valence-electron chi connectivity index (χ3n) is 2.58. The maximum atomic E-state index is 8.61. The SMILES string of the molecule is CC(C)(CCCCc1ccccc1)OO. The van der Waals surface area contributed by atoms with Crippen molar-refractivity contribution in [3.63, 3.8) is 0 Å². The minimum absolute atomic E-state index is 0.406. The Balaban J connectivity index is 2.18. The van der Waals surface area contributed by atoms with Gasteiger partial charge in [0, 0.05) is 0 Å². The largest absolute Gasteiger partial charge is 0.251 e. The monoisotopic (exact) mass is 208 g/mol. The summed E-state index contributed by atoms with van der Waals surface area (Å²) in [5, 5.41) is 8.61. The van der Waals surface area contributed by atoms with E-state index in [0.717, 1.165) is 25.7 Å². The van der Waals surface area contributed by atoms with Gasteiger partial charge < -0.3 is 0 Å². The summed E-state index contributed by atoms with van der Waals surface area (Å²) in [7, 11) is 0. The molecule has 0 aliphatic heterocycles. The molecule has 15 heavy (non-hydrogen) atoms. The van der Waals surface area contributed by atoms with Gasteiger partial charge in [0.05, 0.1) is 5.60 Å². The van der Waals surface area contributed by atoms with Crippen LogP contribution in [0.1, 0.15) is 38.7 Å². The molecule has 2 heteroatoms. The van der Waals surface area contributed by atoms with Crippen molar-refractivity contribution in [2.45, 2.75) is 45.1 Å². The van der Waals surface area contributed by atoms with E-state index >= 15 is 0 Å². The van der Waals surface area contributed by atoms with Crippen molar-refractivity contribution in [3.05, 3.63) is 35.9 Å². The van der Waals surface area contributed by atoms with Crippen LogP contribution < -0.4 is 0 Å². The summed E-state index contributed by atoms with van der Waals surface area (Å²) in [6, 6.07) is 10.5. The maximum Gasteiger partial charge on any atom is 0.0977 e. The Morgan fingerprint density at radius 3 is 2.40 bits per heavy atom. The van der Waals surface area contributed by atoms with Crippen LogP contribution in [0, 0.1) is 0 Å². The predicted octanol–water partition coefficient (Wildman–Crippen LogP) is 3.67. The first-order chi connectivity index (χ1) is 7.14. The van der Waals surface area contributed by atoms with E-state index in [9.17, 15) is 0 Å². The molecule has 1 rings (SSSR count). The highest BCUT2D eigenvalue weighted by Crippen LogP contribution is 2.17. The minimum Gasteiger partial charge on any atom is -0.251 e. The molecule has 0 saturated carbocycles. The van der Waals surface area contributed by atoms with E-state index in [2.05, 4.69) is 29.2 Å². The second-order valence-electron chi connectivity index (χ2n) is 4.54. The third-order valence-corrected chi connectivity index (χ3v) is 2.58. The van der Waals surface area contributed by atoms with E-state index in [4.69, 9.17) is 5.26 Å². The van der Waals surface area contributed by atoms with Gasteiger partial charge in [-0.05, 0) is 38.7 Å². The van der Waals surface area contributed by atoms with Gasteiger partial charge in [0.2, 0.25) is 0 Å². The first-order valence-corrected chi connectivity index (χ1v) is 5.50. The van der Waals surface area contributed by atoms with Crippen LogP contribution in [0.5, 0.6) is 0 Å². The summed E-state index contributed by atoms with van der Waals surface area (Å²) >= 11 is 0. The summed E-state index contributed by atoms with van der Waals surface area (Å²) in [6.07, 6.45) is 4.19. The Morgan fingerprint density at radius 2 is 1.80 bits per heavy atom. The Kier molecular flexibility index (Phi) is 4.79. The predicted molar refractivity (Wildman–Crippen MR) is 61.8 cm³/mol. The molecule has 2 nitrogen and oxygen atoms in total. The molecule has 0 heterocycles. The Labute approximate surface area is 91.8 Å². The zero-order valence-electron chi connectivity index (χ0n) is 9.57. The minimum atomic E-state index is -0.406. The van der Waals surface area contributed by atoms with Crippen LogP contribution in [0.15, 0.2) is 30.3 Å². The number of rotatable bonds is 6. The molecule has 0 unspecified atom stereocenters. The second kappa shape index (κ2) is 5.89. The van der Waals surface area contributed by atoms with Gasteiger partial charge in [-0.1, -0.05) is 36.8 Å². The third kappa shape index (κ3) is 4.96. The van der Waals surface area contributed by atoms with E-state index in [1.165, 1.54) is 5.56 Å². The normalized spacial score (nSPS) is 11.7. The zero-order valence-corrected chi connectivity index (χ0v) is 9.57. The zero-order chi connectivity index (χ0) is 11.1. The van der Waals surface area contributed by atoms with Gasteiger partial charge in [-0.2, -0.15) is 0 Å². The van der Waals surface area contributed by atoms with Gasteiger partial charge in [0.15, 0.2) is 0 Å². The average Bonchev–Trinajstić information content (AvgIpc) is 2.26. The van der Waals surface area contributed by atoms with Crippen LogP contribution in [-0.4, -0.2) is 10.9 Å². The fourth-order valence-electron chi connectivity index (χ4n) is 1.57. The van der Waals surface area contributed by atoms with Gasteiger partial charge in [-0.25, -0.2) is 4.89 Å². The van der Waals surface area contributed by atoms with Crippen LogP contribution in [0.25, 0.3) is 0 Å². The van der Waals surface area contributed by atoms with Gasteiger partial charge in [-0.3, -0.25) is 5.26 Å². The van der Waals surface area contributed by atoms with E-state index in [-0.39, 0.29) is 0 Å². The summed E-state index contributed by atoms with van der Waals surface area (Å²) in [5.41, 5.74) is 0.969. The lowest BCUT2D eigenvalue weighted by molar-refractivity contribution is -0.314. The number of hydrogen-bond donors (Lipinski definition) is 1. The van der Waals surface area contributed by atoms with Crippen molar-refractivity contribution >= 4 is 0 Å². The molecular weight excluding hydrogens is 188 g/mol. The Bertz CT molecular complexity index is 267. The standard InChI is InChI=1S/C13H20O2/c1-13(2,15-14)11-7-6-10-12-8-4-3-5-9-12/h3-5,8-9,14H,6-7,10-11H2,1-2H3. The van der Waals surface area contributed by atoms with E-state index in [1.54, 1.807) is 0 Å². The quantitative estimate of drug-likeness (QED) is 0.439. The summed E-state index contributed by atoms with van der Waals surface area (Å²) in [6.45, 7) is 3.80. The highest BCUT2D eigenvalue weighted by atomic mass is 17.1.